The number of hydrogen-bond donors (Lipinski definition) is 0. The first-order valence-corrected chi connectivity index (χ1v) is 11.1. The molecule has 1 atom stereocenters. The van der Waals surface area contributed by atoms with E-state index in [0.717, 1.165) is 25.4 Å². The summed E-state index contributed by atoms with van der Waals surface area (Å²) in [6, 6.07) is 21.6. The summed E-state index contributed by atoms with van der Waals surface area (Å²) in [6.07, 6.45) is 0.0333. The van der Waals surface area contributed by atoms with E-state index in [1.807, 2.05) is 19.1 Å². The molecule has 1 saturated heterocycles. The third-order valence-electron chi connectivity index (χ3n) is 5.91. The zero-order valence-electron chi connectivity index (χ0n) is 18.0. The second kappa shape index (κ2) is 9.82. The molecule has 1 fully saturated rings. The van der Waals surface area contributed by atoms with Crippen molar-refractivity contribution in [1.29, 1.82) is 0 Å². The molecule has 0 aromatic heterocycles. The number of hydrogen-bond acceptors (Lipinski definition) is 3. The van der Waals surface area contributed by atoms with Crippen LogP contribution in [0.4, 0.5) is 4.39 Å². The molecular formula is C26H28ClFN2O. The number of aryl methyl sites for hydroxylation is 1. The minimum atomic E-state index is -0.254. The lowest BCUT2D eigenvalue weighted by atomic mass is 10.1. The lowest BCUT2D eigenvalue weighted by Crippen LogP contribution is -2.31. The highest BCUT2D eigenvalue weighted by Gasteiger charge is 2.34. The molecule has 31 heavy (non-hydrogen) atoms. The molecule has 3 aromatic rings. The van der Waals surface area contributed by atoms with Crippen molar-refractivity contribution in [1.82, 2.24) is 9.80 Å². The number of benzene rings is 3. The topological polar surface area (TPSA) is 15.7 Å². The first-order chi connectivity index (χ1) is 15.1. The van der Waals surface area contributed by atoms with Crippen molar-refractivity contribution in [2.24, 2.45) is 0 Å². The van der Waals surface area contributed by atoms with E-state index in [0.29, 0.717) is 23.7 Å². The fourth-order valence-corrected chi connectivity index (χ4v) is 4.50. The minimum Gasteiger partial charge on any atom is -0.494 e. The predicted octanol–water partition coefficient (Wildman–Crippen LogP) is 6.20. The van der Waals surface area contributed by atoms with Crippen LogP contribution in [0.5, 0.6) is 5.75 Å². The Hall–Kier alpha value is -2.40. The van der Waals surface area contributed by atoms with Crippen LogP contribution in [-0.4, -0.2) is 29.5 Å². The molecule has 0 unspecified atom stereocenters. The van der Waals surface area contributed by atoms with Crippen molar-refractivity contribution in [3.05, 3.63) is 99.8 Å². The second-order valence-corrected chi connectivity index (χ2v) is 8.35. The molecule has 1 heterocycles. The van der Waals surface area contributed by atoms with Gasteiger partial charge in [0.05, 0.1) is 12.8 Å². The van der Waals surface area contributed by atoms with Crippen LogP contribution in [0.15, 0.2) is 66.7 Å². The van der Waals surface area contributed by atoms with Gasteiger partial charge in [0.15, 0.2) is 0 Å². The Bertz CT molecular complexity index is 1000. The fourth-order valence-electron chi connectivity index (χ4n) is 4.28. The van der Waals surface area contributed by atoms with Crippen LogP contribution in [0.1, 0.15) is 35.3 Å². The largest absolute Gasteiger partial charge is 0.494 e. The van der Waals surface area contributed by atoms with Gasteiger partial charge in [0, 0.05) is 36.8 Å². The van der Waals surface area contributed by atoms with Gasteiger partial charge < -0.3 is 4.74 Å². The van der Waals surface area contributed by atoms with E-state index in [-0.39, 0.29) is 12.0 Å². The minimum absolute atomic E-state index is 0.0333. The molecule has 0 spiro atoms. The maximum Gasteiger partial charge on any atom is 0.129 e. The van der Waals surface area contributed by atoms with Gasteiger partial charge in [0.25, 0.3) is 0 Å². The van der Waals surface area contributed by atoms with Gasteiger partial charge >= 0.3 is 0 Å². The van der Waals surface area contributed by atoms with E-state index in [1.54, 1.807) is 12.1 Å². The van der Waals surface area contributed by atoms with Crippen LogP contribution in [0.25, 0.3) is 0 Å². The van der Waals surface area contributed by atoms with E-state index in [1.165, 1.54) is 22.8 Å². The lowest BCUT2D eigenvalue weighted by molar-refractivity contribution is 0.124. The van der Waals surface area contributed by atoms with Gasteiger partial charge in [-0.3, -0.25) is 9.80 Å². The van der Waals surface area contributed by atoms with Gasteiger partial charge in [-0.1, -0.05) is 54.1 Å². The standard InChI is InChI=1S/C26H28ClFN2O/c1-3-31-22-13-11-20(12-14-22)26-29(17-21-8-5-4-7-19(21)2)15-16-30(26)18-23-24(27)9-6-10-25(23)28/h4-14,26H,3,15-18H2,1-2H3/t26-/m0/s1. The van der Waals surface area contributed by atoms with Gasteiger partial charge in [0.1, 0.15) is 11.6 Å². The number of ether oxygens (including phenoxy) is 1. The van der Waals surface area contributed by atoms with Gasteiger partial charge in [-0.2, -0.15) is 0 Å². The van der Waals surface area contributed by atoms with Crippen molar-refractivity contribution >= 4 is 11.6 Å². The summed E-state index contributed by atoms with van der Waals surface area (Å²) >= 11 is 6.35. The van der Waals surface area contributed by atoms with Crippen LogP contribution in [-0.2, 0) is 13.1 Å². The molecule has 0 amide bonds. The third-order valence-corrected chi connectivity index (χ3v) is 6.27. The molecule has 0 N–H and O–H groups in total. The van der Waals surface area contributed by atoms with Crippen LogP contribution in [0, 0.1) is 12.7 Å². The molecule has 1 aliphatic heterocycles. The lowest BCUT2D eigenvalue weighted by Gasteiger charge is -2.31. The van der Waals surface area contributed by atoms with Crippen molar-refractivity contribution in [3.8, 4) is 5.75 Å². The fraction of sp³-hybridized carbons (Fsp3) is 0.308. The van der Waals surface area contributed by atoms with Crippen LogP contribution < -0.4 is 4.74 Å². The Kier molecular flexibility index (Phi) is 6.91. The van der Waals surface area contributed by atoms with Gasteiger partial charge in [-0.05, 0) is 54.8 Å². The molecule has 0 bridgehead atoms. The highest BCUT2D eigenvalue weighted by molar-refractivity contribution is 6.31. The maximum atomic E-state index is 14.5. The van der Waals surface area contributed by atoms with E-state index < -0.39 is 0 Å². The maximum absolute atomic E-state index is 14.5. The second-order valence-electron chi connectivity index (χ2n) is 7.94. The Balaban J connectivity index is 1.64. The molecule has 1 aliphatic rings. The Morgan fingerprint density at radius 3 is 2.32 bits per heavy atom. The zero-order chi connectivity index (χ0) is 21.8. The summed E-state index contributed by atoms with van der Waals surface area (Å²) in [5.74, 6) is 0.605. The normalized spacial score (nSPS) is 17.2. The van der Waals surface area contributed by atoms with Crippen molar-refractivity contribution in [2.75, 3.05) is 19.7 Å². The van der Waals surface area contributed by atoms with Crippen molar-refractivity contribution in [2.45, 2.75) is 33.1 Å². The third kappa shape index (κ3) is 4.93. The first kappa shape index (κ1) is 21.8. The van der Waals surface area contributed by atoms with E-state index in [4.69, 9.17) is 16.3 Å². The van der Waals surface area contributed by atoms with Gasteiger partial charge in [-0.15, -0.1) is 0 Å². The van der Waals surface area contributed by atoms with Crippen LogP contribution in [0.3, 0.4) is 0 Å². The van der Waals surface area contributed by atoms with E-state index in [9.17, 15) is 4.39 Å². The number of rotatable bonds is 7. The van der Waals surface area contributed by atoms with Gasteiger partial charge in [-0.25, -0.2) is 4.39 Å². The van der Waals surface area contributed by atoms with Crippen molar-refractivity contribution in [3.63, 3.8) is 0 Å². The first-order valence-electron chi connectivity index (χ1n) is 10.7. The van der Waals surface area contributed by atoms with E-state index in [2.05, 4.69) is 53.1 Å². The molecule has 4 rings (SSSR count). The summed E-state index contributed by atoms with van der Waals surface area (Å²) in [5.41, 5.74) is 4.31. The molecule has 0 saturated carbocycles. The molecule has 0 aliphatic carbocycles. The molecule has 3 aromatic carbocycles. The average molecular weight is 439 g/mol. The summed E-state index contributed by atoms with van der Waals surface area (Å²) in [7, 11) is 0. The molecule has 5 heteroatoms. The molecular weight excluding hydrogens is 411 g/mol. The highest BCUT2D eigenvalue weighted by Crippen LogP contribution is 2.35. The highest BCUT2D eigenvalue weighted by atomic mass is 35.5. The monoisotopic (exact) mass is 438 g/mol. The van der Waals surface area contributed by atoms with E-state index >= 15 is 0 Å². The smallest absolute Gasteiger partial charge is 0.129 e. The zero-order valence-corrected chi connectivity index (χ0v) is 18.8. The summed E-state index contributed by atoms with van der Waals surface area (Å²) in [5, 5.41) is 0.475. The summed E-state index contributed by atoms with van der Waals surface area (Å²) < 4.78 is 20.1. The Morgan fingerprint density at radius 1 is 0.935 bits per heavy atom. The molecule has 0 radical (unpaired) electrons. The predicted molar refractivity (Wildman–Crippen MR) is 124 cm³/mol. The quantitative estimate of drug-likeness (QED) is 0.436. The summed E-state index contributed by atoms with van der Waals surface area (Å²) in [6.45, 7) is 7.81. The van der Waals surface area contributed by atoms with Crippen molar-refractivity contribution < 1.29 is 9.13 Å². The molecule has 162 valence electrons. The number of halogens is 2. The number of nitrogens with zero attached hydrogens (tertiary/aromatic N) is 2. The van der Waals surface area contributed by atoms with Gasteiger partial charge in [0.2, 0.25) is 0 Å². The Labute approximate surface area is 189 Å². The van der Waals surface area contributed by atoms with Crippen LogP contribution >= 0.6 is 11.6 Å². The Morgan fingerprint density at radius 2 is 1.65 bits per heavy atom. The molecule has 3 nitrogen and oxygen atoms in total. The van der Waals surface area contributed by atoms with Crippen LogP contribution in [0.2, 0.25) is 5.02 Å². The summed E-state index contributed by atoms with van der Waals surface area (Å²) in [4.78, 5) is 4.75. The average Bonchev–Trinajstić information content (AvgIpc) is 3.15. The SMILES string of the molecule is CCOc1ccc([C@H]2N(Cc3ccccc3C)CCN2Cc2c(F)cccc2Cl)cc1.